The van der Waals surface area contributed by atoms with E-state index in [9.17, 15) is 8.42 Å². The average molecular weight is 362 g/mol. The van der Waals surface area contributed by atoms with E-state index in [1.54, 1.807) is 41.9 Å². The van der Waals surface area contributed by atoms with Gasteiger partial charge in [-0.1, -0.05) is 12.1 Å². The van der Waals surface area contributed by atoms with Crippen LogP contribution in [-0.2, 0) is 16.6 Å². The Morgan fingerprint density at radius 2 is 1.88 bits per heavy atom. The number of rotatable bonds is 5. The maximum atomic E-state index is 12.1. The highest BCUT2D eigenvalue weighted by molar-refractivity contribution is 7.89. The molecule has 0 unspecified atom stereocenters. The lowest BCUT2D eigenvalue weighted by atomic mass is 10.2. The smallest absolute Gasteiger partial charge is 0.242 e. The molecule has 0 aliphatic carbocycles. The molecule has 0 aliphatic heterocycles. The highest BCUT2D eigenvalue weighted by atomic mass is 32.2. The average Bonchev–Trinajstić information content (AvgIpc) is 2.94. The van der Waals surface area contributed by atoms with Crippen molar-refractivity contribution in [2.24, 2.45) is 0 Å². The Kier molecular flexibility index (Phi) is 4.53. The van der Waals surface area contributed by atoms with Crippen LogP contribution in [0.3, 0.4) is 0 Å². The molecule has 0 atom stereocenters. The van der Waals surface area contributed by atoms with E-state index in [0.29, 0.717) is 6.54 Å². The summed E-state index contributed by atoms with van der Waals surface area (Å²) < 4.78 is 25.3. The van der Waals surface area contributed by atoms with E-state index in [4.69, 9.17) is 0 Å². The summed E-state index contributed by atoms with van der Waals surface area (Å²) in [6.07, 6.45) is 1.55. The van der Waals surface area contributed by atoms with E-state index in [0.717, 1.165) is 21.6 Å². The minimum atomic E-state index is -3.39. The molecule has 0 fully saturated rings. The highest BCUT2D eigenvalue weighted by Gasteiger charge is 2.16. The molecule has 24 heavy (non-hydrogen) atoms. The molecule has 0 saturated carbocycles. The van der Waals surface area contributed by atoms with Crippen LogP contribution in [0.2, 0.25) is 0 Å². The van der Waals surface area contributed by atoms with E-state index in [1.165, 1.54) is 23.3 Å². The number of nitrogens with zero attached hydrogens (tertiary/aromatic N) is 3. The number of thiophene rings is 1. The quantitative estimate of drug-likeness (QED) is 0.755. The van der Waals surface area contributed by atoms with E-state index in [-0.39, 0.29) is 4.90 Å². The number of nitrogens with one attached hydrogen (secondary N) is 1. The first-order valence-corrected chi connectivity index (χ1v) is 9.60. The molecule has 6 nitrogen and oxygen atoms in total. The molecular weight excluding hydrogens is 344 g/mol. The molecule has 0 amide bonds. The number of aryl methyl sites for hydroxylation is 1. The lowest BCUT2D eigenvalue weighted by molar-refractivity contribution is 0.520. The van der Waals surface area contributed by atoms with Crippen molar-refractivity contribution in [3.8, 4) is 0 Å². The fraction of sp³-hybridized carbons (Fsp3) is 0.250. The predicted octanol–water partition coefficient (Wildman–Crippen LogP) is 2.86. The minimum absolute atomic E-state index is 0.286. The summed E-state index contributed by atoms with van der Waals surface area (Å²) in [7, 11) is -0.349. The summed E-state index contributed by atoms with van der Waals surface area (Å²) in [5, 5.41) is 4.30. The zero-order valence-electron chi connectivity index (χ0n) is 13.6. The normalized spacial score (nSPS) is 12.0. The molecule has 8 heteroatoms. The first-order valence-electron chi connectivity index (χ1n) is 7.34. The third kappa shape index (κ3) is 3.26. The van der Waals surface area contributed by atoms with Crippen molar-refractivity contribution in [1.82, 2.24) is 14.3 Å². The van der Waals surface area contributed by atoms with Crippen molar-refractivity contribution in [2.75, 3.05) is 19.4 Å². The molecule has 0 radical (unpaired) electrons. The molecular formula is C16H18N4O2S2. The lowest BCUT2D eigenvalue weighted by Gasteiger charge is -2.12. The summed E-state index contributed by atoms with van der Waals surface area (Å²) >= 11 is 1.63. The van der Waals surface area contributed by atoms with Gasteiger partial charge in [-0.15, -0.1) is 11.3 Å². The molecule has 0 bridgehead atoms. The van der Waals surface area contributed by atoms with Gasteiger partial charge in [0.1, 0.15) is 17.0 Å². The van der Waals surface area contributed by atoms with Gasteiger partial charge in [0.2, 0.25) is 10.0 Å². The molecule has 1 N–H and O–H groups in total. The van der Waals surface area contributed by atoms with Crippen LogP contribution in [0, 0.1) is 6.92 Å². The van der Waals surface area contributed by atoms with Crippen LogP contribution >= 0.6 is 11.3 Å². The van der Waals surface area contributed by atoms with Gasteiger partial charge in [0.25, 0.3) is 0 Å². The molecule has 126 valence electrons. The van der Waals surface area contributed by atoms with Crippen molar-refractivity contribution < 1.29 is 8.42 Å². The monoisotopic (exact) mass is 362 g/mol. The molecule has 0 saturated heterocycles. The maximum absolute atomic E-state index is 12.1. The second-order valence-corrected chi connectivity index (χ2v) is 8.97. The Bertz CT molecular complexity index is 963. The number of anilines is 1. The van der Waals surface area contributed by atoms with Gasteiger partial charge in [0, 0.05) is 25.5 Å². The molecule has 0 aliphatic rings. The van der Waals surface area contributed by atoms with Crippen LogP contribution in [0.5, 0.6) is 0 Å². The van der Waals surface area contributed by atoms with E-state index >= 15 is 0 Å². The summed E-state index contributed by atoms with van der Waals surface area (Å²) in [4.78, 5) is 11.0. The van der Waals surface area contributed by atoms with Crippen LogP contribution in [0.15, 0.2) is 41.6 Å². The van der Waals surface area contributed by atoms with Crippen LogP contribution < -0.4 is 5.32 Å². The second kappa shape index (κ2) is 6.46. The van der Waals surface area contributed by atoms with Gasteiger partial charge in [-0.05, 0) is 30.7 Å². The van der Waals surface area contributed by atoms with Crippen molar-refractivity contribution >= 4 is 37.4 Å². The van der Waals surface area contributed by atoms with Crippen LogP contribution in [0.4, 0.5) is 5.82 Å². The Balaban J connectivity index is 1.77. The fourth-order valence-corrected chi connectivity index (χ4v) is 4.04. The maximum Gasteiger partial charge on any atom is 0.242 e. The molecule has 1 aromatic carbocycles. The minimum Gasteiger partial charge on any atom is -0.365 e. The number of aromatic nitrogens is 2. The van der Waals surface area contributed by atoms with Crippen molar-refractivity contribution in [2.45, 2.75) is 18.4 Å². The molecule has 0 spiro atoms. The van der Waals surface area contributed by atoms with Crippen molar-refractivity contribution in [3.63, 3.8) is 0 Å². The van der Waals surface area contributed by atoms with Crippen molar-refractivity contribution in [3.05, 3.63) is 47.1 Å². The third-order valence-electron chi connectivity index (χ3n) is 3.61. The largest absolute Gasteiger partial charge is 0.365 e. The topological polar surface area (TPSA) is 75.2 Å². The van der Waals surface area contributed by atoms with Gasteiger partial charge >= 0.3 is 0 Å². The standard InChI is InChI=1S/C16H18N4O2S2/c1-11-8-14-15(18-10-19-16(14)23-11)17-9-12-4-6-13(7-5-12)24(21,22)20(2)3/h4-8,10H,9H2,1-3H3,(H,17,18,19). The Labute approximate surface area is 145 Å². The van der Waals surface area contributed by atoms with Gasteiger partial charge in [0.05, 0.1) is 10.3 Å². The number of benzene rings is 1. The number of hydrogen-bond donors (Lipinski definition) is 1. The molecule has 2 aromatic heterocycles. The predicted molar refractivity (Wildman–Crippen MR) is 96.8 cm³/mol. The lowest BCUT2D eigenvalue weighted by Crippen LogP contribution is -2.22. The molecule has 3 aromatic rings. The molecule has 2 heterocycles. The van der Waals surface area contributed by atoms with Crippen LogP contribution in [-0.4, -0.2) is 36.8 Å². The fourth-order valence-electron chi connectivity index (χ4n) is 2.29. The van der Waals surface area contributed by atoms with Crippen LogP contribution in [0.25, 0.3) is 10.2 Å². The first-order chi connectivity index (χ1) is 11.4. The van der Waals surface area contributed by atoms with Gasteiger partial charge in [-0.25, -0.2) is 22.7 Å². The molecule has 3 rings (SSSR count). The Morgan fingerprint density at radius 3 is 2.54 bits per heavy atom. The first kappa shape index (κ1) is 16.8. The summed E-state index contributed by atoms with van der Waals surface area (Å²) in [6.45, 7) is 2.60. The van der Waals surface area contributed by atoms with E-state index in [1.807, 2.05) is 6.92 Å². The zero-order valence-corrected chi connectivity index (χ0v) is 15.3. The van der Waals surface area contributed by atoms with Crippen molar-refractivity contribution in [1.29, 1.82) is 0 Å². The van der Waals surface area contributed by atoms with Gasteiger partial charge in [-0.2, -0.15) is 0 Å². The number of hydrogen-bond acceptors (Lipinski definition) is 6. The third-order valence-corrected chi connectivity index (χ3v) is 6.40. The second-order valence-electron chi connectivity index (χ2n) is 5.58. The number of fused-ring (bicyclic) bond motifs is 1. The van der Waals surface area contributed by atoms with Gasteiger partial charge < -0.3 is 5.32 Å². The Hall–Kier alpha value is -2.03. The Morgan fingerprint density at radius 1 is 1.17 bits per heavy atom. The number of sulfonamides is 1. The zero-order chi connectivity index (χ0) is 17.3. The van der Waals surface area contributed by atoms with E-state index in [2.05, 4.69) is 21.4 Å². The van der Waals surface area contributed by atoms with Gasteiger partial charge in [0.15, 0.2) is 0 Å². The highest BCUT2D eigenvalue weighted by Crippen LogP contribution is 2.27. The van der Waals surface area contributed by atoms with E-state index < -0.39 is 10.0 Å². The summed E-state index contributed by atoms with van der Waals surface area (Å²) in [6, 6.07) is 8.92. The van der Waals surface area contributed by atoms with Crippen LogP contribution in [0.1, 0.15) is 10.4 Å². The summed E-state index contributed by atoms with van der Waals surface area (Å²) in [5.74, 6) is 0.786. The summed E-state index contributed by atoms with van der Waals surface area (Å²) in [5.41, 5.74) is 0.978. The van der Waals surface area contributed by atoms with Gasteiger partial charge in [-0.3, -0.25) is 0 Å². The SMILES string of the molecule is Cc1cc2c(NCc3ccc(S(=O)(=O)N(C)C)cc3)ncnc2s1.